The van der Waals surface area contributed by atoms with Crippen LogP contribution in [0.1, 0.15) is 44.0 Å². The van der Waals surface area contributed by atoms with Crippen LogP contribution in [-0.2, 0) is 29.0 Å². The molecule has 0 radical (unpaired) electrons. The van der Waals surface area contributed by atoms with E-state index in [9.17, 15) is 9.18 Å². The third-order valence-corrected chi connectivity index (χ3v) is 7.92. The number of hydrogen-bond donors (Lipinski definition) is 0. The van der Waals surface area contributed by atoms with Gasteiger partial charge in [0, 0.05) is 48.4 Å². The van der Waals surface area contributed by atoms with Crippen molar-refractivity contribution >= 4 is 17.0 Å². The summed E-state index contributed by atoms with van der Waals surface area (Å²) in [5.74, 6) is 6.86. The molecular weight excluding hydrogens is 619 g/mol. The molecule has 242 valence electrons. The summed E-state index contributed by atoms with van der Waals surface area (Å²) in [6.07, 6.45) is 0.470. The van der Waals surface area contributed by atoms with Gasteiger partial charge in [-0.1, -0.05) is 54.3 Å². The molecule has 0 spiro atoms. The number of nitriles is 1. The van der Waals surface area contributed by atoms with E-state index in [2.05, 4.69) is 21.4 Å². The molecule has 9 heteroatoms. The van der Waals surface area contributed by atoms with Crippen molar-refractivity contribution in [2.75, 3.05) is 20.8 Å². The Balaban J connectivity index is 1.35. The molecular formula is C40H31FN4O4. The van der Waals surface area contributed by atoms with E-state index in [1.807, 2.05) is 72.8 Å². The summed E-state index contributed by atoms with van der Waals surface area (Å²) in [6, 6.07) is 32.7. The molecule has 8 nitrogen and oxygen atoms in total. The average molecular weight is 651 g/mol. The van der Waals surface area contributed by atoms with E-state index in [1.54, 1.807) is 31.4 Å². The fraction of sp³-hybridized carbons (Fsp3) is 0.150. The molecule has 0 atom stereocenters. The maximum atomic E-state index is 14.4. The third-order valence-electron chi connectivity index (χ3n) is 7.92. The van der Waals surface area contributed by atoms with Crippen LogP contribution < -0.4 is 4.74 Å². The fourth-order valence-corrected chi connectivity index (χ4v) is 5.36. The standard InChI is InChI=1S/C40H31FN4O4/c1-47-20-19-45-37-23-32(40(46)48-2)17-18-36(37)43-38(45)24-30-15-16-31(22-29(30)13-11-27-7-4-3-5-8-27)35-9-6-10-39(44-35)49-26-33-14-12-28(25-42)21-34(33)41/h3-10,12,14-18,21-23H,19-20,24,26H2,1-2H3. The molecule has 2 heterocycles. The summed E-state index contributed by atoms with van der Waals surface area (Å²) in [5, 5.41) is 9.02. The van der Waals surface area contributed by atoms with Gasteiger partial charge in [0.05, 0.1) is 47.6 Å². The van der Waals surface area contributed by atoms with Gasteiger partial charge in [-0.2, -0.15) is 5.26 Å². The van der Waals surface area contributed by atoms with Gasteiger partial charge in [0.15, 0.2) is 0 Å². The quantitative estimate of drug-likeness (QED) is 0.115. The van der Waals surface area contributed by atoms with Crippen LogP contribution in [0.3, 0.4) is 0 Å². The number of carbonyl (C=O) groups is 1. The van der Waals surface area contributed by atoms with Gasteiger partial charge in [0.1, 0.15) is 18.2 Å². The van der Waals surface area contributed by atoms with Crippen molar-refractivity contribution in [1.82, 2.24) is 14.5 Å². The minimum absolute atomic E-state index is 0.0358. The first-order valence-corrected chi connectivity index (χ1v) is 15.5. The van der Waals surface area contributed by atoms with Crippen molar-refractivity contribution in [3.8, 4) is 35.0 Å². The van der Waals surface area contributed by atoms with Gasteiger partial charge in [-0.15, -0.1) is 0 Å². The number of rotatable bonds is 10. The maximum absolute atomic E-state index is 14.4. The highest BCUT2D eigenvalue weighted by Gasteiger charge is 2.17. The zero-order valence-corrected chi connectivity index (χ0v) is 26.9. The number of nitrogens with zero attached hydrogens (tertiary/aromatic N) is 4. The Kier molecular flexibility index (Phi) is 10.0. The van der Waals surface area contributed by atoms with Crippen molar-refractivity contribution in [2.24, 2.45) is 0 Å². The summed E-state index contributed by atoms with van der Waals surface area (Å²) in [4.78, 5) is 21.9. The Labute approximate surface area is 283 Å². The summed E-state index contributed by atoms with van der Waals surface area (Å²) < 4.78 is 32.7. The second kappa shape index (κ2) is 15.1. The van der Waals surface area contributed by atoms with Crippen molar-refractivity contribution in [2.45, 2.75) is 19.6 Å². The number of fused-ring (bicyclic) bond motifs is 1. The van der Waals surface area contributed by atoms with Crippen LogP contribution in [0.25, 0.3) is 22.3 Å². The van der Waals surface area contributed by atoms with Gasteiger partial charge in [-0.3, -0.25) is 0 Å². The van der Waals surface area contributed by atoms with Crippen LogP contribution in [0.15, 0.2) is 103 Å². The first kappa shape index (κ1) is 32.6. The van der Waals surface area contributed by atoms with Gasteiger partial charge in [0.25, 0.3) is 0 Å². The zero-order valence-electron chi connectivity index (χ0n) is 26.9. The maximum Gasteiger partial charge on any atom is 0.337 e. The van der Waals surface area contributed by atoms with Gasteiger partial charge < -0.3 is 18.8 Å². The molecule has 0 amide bonds. The molecule has 0 fully saturated rings. The van der Waals surface area contributed by atoms with E-state index in [4.69, 9.17) is 24.5 Å². The van der Waals surface area contributed by atoms with Crippen LogP contribution in [0.5, 0.6) is 5.88 Å². The lowest BCUT2D eigenvalue weighted by atomic mass is 9.99. The van der Waals surface area contributed by atoms with Crippen molar-refractivity contribution in [1.29, 1.82) is 5.26 Å². The average Bonchev–Trinajstić information content (AvgIpc) is 3.48. The van der Waals surface area contributed by atoms with Gasteiger partial charge >= 0.3 is 5.97 Å². The molecule has 2 aromatic heterocycles. The second-order valence-electron chi connectivity index (χ2n) is 11.1. The number of pyridine rings is 1. The van der Waals surface area contributed by atoms with Gasteiger partial charge in [-0.25, -0.2) is 19.2 Å². The fourth-order valence-electron chi connectivity index (χ4n) is 5.36. The van der Waals surface area contributed by atoms with Gasteiger partial charge in [0.2, 0.25) is 5.88 Å². The first-order chi connectivity index (χ1) is 23.9. The van der Waals surface area contributed by atoms with E-state index in [-0.39, 0.29) is 12.2 Å². The molecule has 0 aliphatic heterocycles. The largest absolute Gasteiger partial charge is 0.473 e. The van der Waals surface area contributed by atoms with Crippen LogP contribution in [0.2, 0.25) is 0 Å². The van der Waals surface area contributed by atoms with Gasteiger partial charge in [-0.05, 0) is 60.2 Å². The molecule has 6 aromatic rings. The lowest BCUT2D eigenvalue weighted by molar-refractivity contribution is 0.0601. The zero-order chi connectivity index (χ0) is 34.2. The molecule has 0 aliphatic carbocycles. The highest BCUT2D eigenvalue weighted by Crippen LogP contribution is 2.27. The lowest BCUT2D eigenvalue weighted by Gasteiger charge is -2.12. The predicted octanol–water partition coefficient (Wildman–Crippen LogP) is 7.11. The van der Waals surface area contributed by atoms with Crippen LogP contribution in [0, 0.1) is 29.0 Å². The molecule has 0 bridgehead atoms. The van der Waals surface area contributed by atoms with Crippen molar-refractivity contribution < 1.29 is 23.4 Å². The number of imidazole rings is 1. The first-order valence-electron chi connectivity index (χ1n) is 15.5. The smallest absolute Gasteiger partial charge is 0.337 e. The molecule has 0 N–H and O–H groups in total. The van der Waals surface area contributed by atoms with Crippen LogP contribution in [0.4, 0.5) is 4.39 Å². The minimum atomic E-state index is -0.507. The number of carbonyl (C=O) groups excluding carboxylic acids is 1. The van der Waals surface area contributed by atoms with Crippen LogP contribution >= 0.6 is 0 Å². The molecule has 6 rings (SSSR count). The third kappa shape index (κ3) is 7.65. The summed E-state index contributed by atoms with van der Waals surface area (Å²) in [6.45, 7) is 0.966. The van der Waals surface area contributed by atoms with Crippen molar-refractivity contribution in [3.05, 3.63) is 148 Å². The SMILES string of the molecule is COCCn1c(Cc2ccc(-c3cccc(OCc4ccc(C#N)cc4F)n3)cc2C#Cc2ccccc2)nc2ccc(C(=O)OC)cc21. The highest BCUT2D eigenvalue weighted by atomic mass is 19.1. The summed E-state index contributed by atoms with van der Waals surface area (Å²) in [5.41, 5.74) is 6.71. The Hall–Kier alpha value is -6.29. The number of benzene rings is 4. The van der Waals surface area contributed by atoms with Crippen molar-refractivity contribution in [3.63, 3.8) is 0 Å². The minimum Gasteiger partial charge on any atom is -0.473 e. The molecule has 0 aliphatic rings. The molecule has 0 saturated heterocycles. The number of ether oxygens (including phenoxy) is 3. The number of esters is 1. The topological polar surface area (TPSA) is 99.3 Å². The number of halogens is 1. The number of aromatic nitrogens is 3. The van der Waals surface area contributed by atoms with E-state index in [0.29, 0.717) is 42.3 Å². The molecule has 0 unspecified atom stereocenters. The monoisotopic (exact) mass is 650 g/mol. The number of hydrogen-bond acceptors (Lipinski definition) is 7. The molecule has 4 aromatic carbocycles. The summed E-state index contributed by atoms with van der Waals surface area (Å²) >= 11 is 0. The van der Waals surface area contributed by atoms with E-state index >= 15 is 0 Å². The van der Waals surface area contributed by atoms with E-state index in [0.717, 1.165) is 39.1 Å². The van der Waals surface area contributed by atoms with E-state index < -0.39 is 11.8 Å². The normalized spacial score (nSPS) is 10.7. The second-order valence-corrected chi connectivity index (χ2v) is 11.1. The Bertz CT molecular complexity index is 2250. The lowest BCUT2D eigenvalue weighted by Crippen LogP contribution is -2.10. The Morgan fingerprint density at radius 3 is 2.47 bits per heavy atom. The Morgan fingerprint density at radius 1 is 0.857 bits per heavy atom. The Morgan fingerprint density at radius 2 is 1.69 bits per heavy atom. The van der Waals surface area contributed by atoms with E-state index in [1.165, 1.54) is 19.2 Å². The molecule has 49 heavy (non-hydrogen) atoms. The van der Waals surface area contributed by atoms with Crippen LogP contribution in [-0.4, -0.2) is 41.3 Å². The predicted molar refractivity (Wildman–Crippen MR) is 183 cm³/mol. The highest BCUT2D eigenvalue weighted by molar-refractivity contribution is 5.93. The summed E-state index contributed by atoms with van der Waals surface area (Å²) in [7, 11) is 3.01. The molecule has 0 saturated carbocycles. The number of methoxy groups -OCH3 is 2.